The van der Waals surface area contributed by atoms with E-state index in [1.54, 1.807) is 12.4 Å². The molecule has 0 saturated heterocycles. The van der Waals surface area contributed by atoms with Crippen molar-refractivity contribution in [1.29, 1.82) is 0 Å². The van der Waals surface area contributed by atoms with Crippen LogP contribution in [0.15, 0.2) is 47.2 Å². The van der Waals surface area contributed by atoms with E-state index >= 15 is 0 Å². The molecule has 0 fully saturated rings. The van der Waals surface area contributed by atoms with Gasteiger partial charge >= 0.3 is 0 Å². The van der Waals surface area contributed by atoms with Crippen LogP contribution in [0.3, 0.4) is 0 Å². The van der Waals surface area contributed by atoms with E-state index in [0.717, 1.165) is 11.3 Å². The van der Waals surface area contributed by atoms with Crippen LogP contribution in [-0.4, -0.2) is 39.1 Å². The van der Waals surface area contributed by atoms with Gasteiger partial charge in [0.15, 0.2) is 0 Å². The third kappa shape index (κ3) is 2.98. The first-order valence-corrected chi connectivity index (χ1v) is 7.38. The fourth-order valence-electron chi connectivity index (χ4n) is 1.98. The molecular formula is C17H19N5O. The molecular weight excluding hydrogens is 290 g/mol. The molecule has 0 unspecified atom stereocenters. The van der Waals surface area contributed by atoms with Crippen molar-refractivity contribution in [3.8, 4) is 22.8 Å². The molecule has 0 saturated carbocycles. The van der Waals surface area contributed by atoms with Crippen LogP contribution in [-0.2, 0) is 5.54 Å². The summed E-state index contributed by atoms with van der Waals surface area (Å²) in [5, 5.41) is 4.05. The number of rotatable bonds is 4. The molecule has 3 aromatic heterocycles. The van der Waals surface area contributed by atoms with Crippen LogP contribution in [0.2, 0.25) is 0 Å². The third-order valence-corrected chi connectivity index (χ3v) is 4.02. The molecule has 0 bridgehead atoms. The minimum Gasteiger partial charge on any atom is -0.337 e. The van der Waals surface area contributed by atoms with Crippen LogP contribution in [0, 0.1) is 0 Å². The Balaban J connectivity index is 1.88. The van der Waals surface area contributed by atoms with E-state index in [0.29, 0.717) is 17.4 Å². The van der Waals surface area contributed by atoms with Crippen LogP contribution < -0.4 is 0 Å². The lowest BCUT2D eigenvalue weighted by atomic mass is 10.0. The summed E-state index contributed by atoms with van der Waals surface area (Å²) in [6.45, 7) is 4.06. The van der Waals surface area contributed by atoms with E-state index in [1.807, 2.05) is 63.2 Å². The standard InChI is InChI=1S/C17H19N5O/c1-17(2,22(3)4)16-20-15(21-23-16)14-9-8-12(11-19-14)13-7-5-6-10-18-13/h5-11H,1-4H3. The molecule has 0 aliphatic carbocycles. The second-order valence-electron chi connectivity index (χ2n) is 6.02. The molecule has 0 aromatic carbocycles. The SMILES string of the molecule is CN(C)C(C)(C)c1nc(-c2ccc(-c3ccccn3)cn2)no1. The van der Waals surface area contributed by atoms with Gasteiger partial charge in [-0.05, 0) is 52.2 Å². The Morgan fingerprint density at radius 3 is 2.43 bits per heavy atom. The van der Waals surface area contributed by atoms with Crippen molar-refractivity contribution in [3.05, 3.63) is 48.6 Å². The van der Waals surface area contributed by atoms with Gasteiger partial charge in [0.05, 0.1) is 11.2 Å². The topological polar surface area (TPSA) is 67.9 Å². The lowest BCUT2D eigenvalue weighted by Crippen LogP contribution is -2.35. The number of aromatic nitrogens is 4. The van der Waals surface area contributed by atoms with Crippen molar-refractivity contribution in [2.45, 2.75) is 19.4 Å². The molecule has 6 heteroatoms. The van der Waals surface area contributed by atoms with Crippen molar-refractivity contribution in [2.75, 3.05) is 14.1 Å². The first-order valence-electron chi connectivity index (χ1n) is 7.38. The smallest absolute Gasteiger partial charge is 0.246 e. The van der Waals surface area contributed by atoms with Gasteiger partial charge in [0, 0.05) is 18.0 Å². The van der Waals surface area contributed by atoms with Gasteiger partial charge in [-0.3, -0.25) is 14.9 Å². The van der Waals surface area contributed by atoms with E-state index in [9.17, 15) is 0 Å². The van der Waals surface area contributed by atoms with Crippen LogP contribution in [0.5, 0.6) is 0 Å². The molecule has 3 heterocycles. The van der Waals surface area contributed by atoms with Crippen molar-refractivity contribution in [3.63, 3.8) is 0 Å². The van der Waals surface area contributed by atoms with Gasteiger partial charge in [0.1, 0.15) is 5.69 Å². The number of pyridine rings is 2. The van der Waals surface area contributed by atoms with Gasteiger partial charge in [-0.2, -0.15) is 4.98 Å². The fraction of sp³-hybridized carbons (Fsp3) is 0.294. The third-order valence-electron chi connectivity index (χ3n) is 4.02. The second kappa shape index (κ2) is 5.89. The Bertz CT molecular complexity index is 778. The Morgan fingerprint density at radius 2 is 1.83 bits per heavy atom. The Hall–Kier alpha value is -2.60. The molecule has 6 nitrogen and oxygen atoms in total. The van der Waals surface area contributed by atoms with E-state index in [4.69, 9.17) is 4.52 Å². The molecule has 0 aliphatic heterocycles. The molecule has 23 heavy (non-hydrogen) atoms. The average Bonchev–Trinajstić information content (AvgIpc) is 3.06. The molecule has 3 rings (SSSR count). The normalized spacial score (nSPS) is 11.9. The minimum absolute atomic E-state index is 0.334. The summed E-state index contributed by atoms with van der Waals surface area (Å²) in [5.41, 5.74) is 2.18. The maximum Gasteiger partial charge on any atom is 0.246 e. The van der Waals surface area contributed by atoms with Crippen molar-refractivity contribution in [2.24, 2.45) is 0 Å². The van der Waals surface area contributed by atoms with Crippen LogP contribution in [0.25, 0.3) is 22.8 Å². The summed E-state index contributed by atoms with van der Waals surface area (Å²) in [6, 6.07) is 9.62. The Kier molecular flexibility index (Phi) is 3.92. The van der Waals surface area contributed by atoms with Crippen LogP contribution in [0.1, 0.15) is 19.7 Å². The minimum atomic E-state index is -0.334. The molecule has 0 spiro atoms. The molecule has 0 aliphatic rings. The van der Waals surface area contributed by atoms with E-state index in [2.05, 4.69) is 20.1 Å². The summed E-state index contributed by atoms with van der Waals surface area (Å²) in [4.78, 5) is 15.2. The average molecular weight is 309 g/mol. The number of hydrogen-bond acceptors (Lipinski definition) is 6. The quantitative estimate of drug-likeness (QED) is 0.738. The molecule has 118 valence electrons. The first kappa shape index (κ1) is 15.3. The zero-order valence-electron chi connectivity index (χ0n) is 13.7. The summed E-state index contributed by atoms with van der Waals surface area (Å²) in [5.74, 6) is 1.05. The van der Waals surface area contributed by atoms with E-state index in [1.165, 1.54) is 0 Å². The van der Waals surface area contributed by atoms with E-state index in [-0.39, 0.29) is 5.54 Å². The van der Waals surface area contributed by atoms with Gasteiger partial charge in [-0.25, -0.2) is 0 Å². The van der Waals surface area contributed by atoms with Gasteiger partial charge in [0.2, 0.25) is 11.7 Å². The molecule has 3 aromatic rings. The zero-order valence-corrected chi connectivity index (χ0v) is 13.7. The van der Waals surface area contributed by atoms with Gasteiger partial charge < -0.3 is 4.52 Å². The van der Waals surface area contributed by atoms with Crippen LogP contribution >= 0.6 is 0 Å². The van der Waals surface area contributed by atoms with Crippen molar-refractivity contribution in [1.82, 2.24) is 25.0 Å². The predicted octanol–water partition coefficient (Wildman–Crippen LogP) is 2.99. The predicted molar refractivity (Wildman–Crippen MR) is 87.5 cm³/mol. The number of hydrogen-bond donors (Lipinski definition) is 0. The summed E-state index contributed by atoms with van der Waals surface area (Å²) in [6.07, 6.45) is 3.53. The highest BCUT2D eigenvalue weighted by Gasteiger charge is 2.30. The lowest BCUT2D eigenvalue weighted by molar-refractivity contribution is 0.143. The second-order valence-corrected chi connectivity index (χ2v) is 6.02. The van der Waals surface area contributed by atoms with Crippen molar-refractivity contribution >= 4 is 0 Å². The highest BCUT2D eigenvalue weighted by Crippen LogP contribution is 2.26. The molecule has 0 atom stereocenters. The molecule has 0 radical (unpaired) electrons. The molecule has 0 N–H and O–H groups in total. The van der Waals surface area contributed by atoms with Gasteiger partial charge in [-0.15, -0.1) is 0 Å². The Morgan fingerprint density at radius 1 is 1.00 bits per heavy atom. The largest absolute Gasteiger partial charge is 0.337 e. The summed E-state index contributed by atoms with van der Waals surface area (Å²) >= 11 is 0. The van der Waals surface area contributed by atoms with Gasteiger partial charge in [-0.1, -0.05) is 11.2 Å². The number of nitrogens with zero attached hydrogens (tertiary/aromatic N) is 5. The maximum absolute atomic E-state index is 5.40. The maximum atomic E-state index is 5.40. The van der Waals surface area contributed by atoms with Gasteiger partial charge in [0.25, 0.3) is 0 Å². The fourth-order valence-corrected chi connectivity index (χ4v) is 1.98. The zero-order chi connectivity index (χ0) is 16.4. The Labute approximate surface area is 135 Å². The first-order chi connectivity index (χ1) is 11.0. The van der Waals surface area contributed by atoms with Crippen LogP contribution in [0.4, 0.5) is 0 Å². The van der Waals surface area contributed by atoms with Crippen molar-refractivity contribution < 1.29 is 4.52 Å². The summed E-state index contributed by atoms with van der Waals surface area (Å²) < 4.78 is 5.40. The highest BCUT2D eigenvalue weighted by atomic mass is 16.5. The lowest BCUT2D eigenvalue weighted by Gasteiger charge is -2.27. The summed E-state index contributed by atoms with van der Waals surface area (Å²) in [7, 11) is 3.95. The monoisotopic (exact) mass is 309 g/mol. The van der Waals surface area contributed by atoms with E-state index < -0.39 is 0 Å². The molecule has 0 amide bonds. The highest BCUT2D eigenvalue weighted by molar-refractivity contribution is 5.60.